The van der Waals surface area contributed by atoms with E-state index in [9.17, 15) is 0 Å². The molecule has 1 fully saturated rings. The zero-order valence-corrected chi connectivity index (χ0v) is 11.0. The maximum atomic E-state index is 6.20. The maximum Gasteiger partial charge on any atom is 0.243 e. The number of rotatable bonds is 4. The molecule has 4 rings (SSSR count). The third-order valence-corrected chi connectivity index (χ3v) is 3.83. The molecule has 0 amide bonds. The molecule has 3 N–H and O–H groups in total. The molecule has 1 saturated carbocycles. The van der Waals surface area contributed by atoms with Crippen LogP contribution in [0.25, 0.3) is 10.9 Å². The molecule has 0 spiro atoms. The molecule has 0 saturated heterocycles. The quantitative estimate of drug-likeness (QED) is 0.762. The van der Waals surface area contributed by atoms with E-state index in [0.717, 1.165) is 24.2 Å². The lowest BCUT2D eigenvalue weighted by molar-refractivity contribution is 0.350. The van der Waals surface area contributed by atoms with Gasteiger partial charge in [-0.05, 0) is 30.9 Å². The van der Waals surface area contributed by atoms with Crippen LogP contribution in [-0.2, 0) is 6.42 Å². The summed E-state index contributed by atoms with van der Waals surface area (Å²) in [6, 6.07) is 7.94. The molecule has 20 heavy (non-hydrogen) atoms. The molecule has 1 aromatic carbocycles. The Bertz CT molecular complexity index is 741. The van der Waals surface area contributed by atoms with Gasteiger partial charge >= 0.3 is 0 Å². The molecule has 2 aromatic heterocycles. The van der Waals surface area contributed by atoms with Gasteiger partial charge < -0.3 is 15.2 Å². The third kappa shape index (κ3) is 2.00. The van der Waals surface area contributed by atoms with Crippen molar-refractivity contribution in [2.24, 2.45) is 5.73 Å². The van der Waals surface area contributed by atoms with E-state index >= 15 is 0 Å². The van der Waals surface area contributed by atoms with E-state index in [1.807, 2.05) is 18.3 Å². The number of hydrogen-bond donors (Lipinski definition) is 2. The lowest BCUT2D eigenvalue weighted by atomic mass is 10.1. The van der Waals surface area contributed by atoms with Crippen LogP contribution in [0.4, 0.5) is 0 Å². The Morgan fingerprint density at radius 3 is 3.05 bits per heavy atom. The van der Waals surface area contributed by atoms with Gasteiger partial charge in [0, 0.05) is 23.0 Å². The summed E-state index contributed by atoms with van der Waals surface area (Å²) in [4.78, 5) is 7.68. The highest BCUT2D eigenvalue weighted by atomic mass is 16.5. The first-order valence-electron chi connectivity index (χ1n) is 6.95. The largest absolute Gasteiger partial charge is 0.361 e. The van der Waals surface area contributed by atoms with E-state index in [0.29, 0.717) is 18.2 Å². The molecular formula is C15H16N4O. The summed E-state index contributed by atoms with van der Waals surface area (Å²) in [7, 11) is 0. The highest BCUT2D eigenvalue weighted by Crippen LogP contribution is 2.38. The zero-order chi connectivity index (χ0) is 13.5. The fourth-order valence-corrected chi connectivity index (χ4v) is 2.53. The number of nitrogens with one attached hydrogen (secondary N) is 1. The average molecular weight is 268 g/mol. The SMILES string of the molecule is N[C@@H](Cc1c[nH]c2ccccc12)c1nc(C2CC2)no1. The number of fused-ring (bicyclic) bond motifs is 1. The van der Waals surface area contributed by atoms with Crippen molar-refractivity contribution in [2.75, 3.05) is 0 Å². The van der Waals surface area contributed by atoms with Crippen LogP contribution >= 0.6 is 0 Å². The van der Waals surface area contributed by atoms with E-state index in [-0.39, 0.29) is 6.04 Å². The second kappa shape index (κ2) is 4.45. The van der Waals surface area contributed by atoms with Gasteiger partial charge in [0.15, 0.2) is 5.82 Å². The van der Waals surface area contributed by atoms with Gasteiger partial charge in [-0.25, -0.2) is 0 Å². The Morgan fingerprint density at radius 1 is 1.35 bits per heavy atom. The molecule has 102 valence electrons. The first-order chi connectivity index (χ1) is 9.81. The van der Waals surface area contributed by atoms with Gasteiger partial charge in [0.25, 0.3) is 0 Å². The fourth-order valence-electron chi connectivity index (χ4n) is 2.53. The second-order valence-corrected chi connectivity index (χ2v) is 5.44. The van der Waals surface area contributed by atoms with E-state index in [2.05, 4.69) is 27.3 Å². The number of aromatic nitrogens is 3. The Labute approximate surface area is 116 Å². The molecular weight excluding hydrogens is 252 g/mol. The Morgan fingerprint density at radius 2 is 2.20 bits per heavy atom. The minimum atomic E-state index is -0.255. The topological polar surface area (TPSA) is 80.7 Å². The van der Waals surface area contributed by atoms with E-state index in [1.54, 1.807) is 0 Å². The van der Waals surface area contributed by atoms with Crippen molar-refractivity contribution in [3.63, 3.8) is 0 Å². The number of para-hydroxylation sites is 1. The summed E-state index contributed by atoms with van der Waals surface area (Å²) in [5.41, 5.74) is 8.50. The number of aromatic amines is 1. The molecule has 0 aliphatic heterocycles. The van der Waals surface area contributed by atoms with Gasteiger partial charge in [-0.15, -0.1) is 0 Å². The van der Waals surface area contributed by atoms with E-state index in [1.165, 1.54) is 10.9 Å². The number of nitrogens with two attached hydrogens (primary N) is 1. The van der Waals surface area contributed by atoms with Crippen LogP contribution < -0.4 is 5.73 Å². The first kappa shape index (κ1) is 11.7. The normalized spacial score (nSPS) is 16.6. The van der Waals surface area contributed by atoms with Gasteiger partial charge in [0.1, 0.15) is 0 Å². The molecule has 0 unspecified atom stereocenters. The standard InChI is InChI=1S/C15H16N4O/c16-12(15-18-14(19-20-15)9-5-6-9)7-10-8-17-13-4-2-1-3-11(10)13/h1-4,8-9,12,17H,5-7,16H2/t12-/m0/s1. The van der Waals surface area contributed by atoms with Gasteiger partial charge in [-0.1, -0.05) is 23.4 Å². The van der Waals surface area contributed by atoms with Crippen molar-refractivity contribution in [2.45, 2.75) is 31.2 Å². The van der Waals surface area contributed by atoms with Crippen LogP contribution in [0.15, 0.2) is 35.0 Å². The van der Waals surface area contributed by atoms with E-state index < -0.39 is 0 Å². The zero-order valence-electron chi connectivity index (χ0n) is 11.0. The Balaban J connectivity index is 1.57. The van der Waals surface area contributed by atoms with Crippen LogP contribution in [0.1, 0.15) is 42.1 Å². The predicted octanol–water partition coefficient (Wildman–Crippen LogP) is 2.67. The summed E-state index contributed by atoms with van der Waals surface area (Å²) >= 11 is 0. The molecule has 5 heteroatoms. The molecule has 3 aromatic rings. The summed E-state index contributed by atoms with van der Waals surface area (Å²) in [5.74, 6) is 1.85. The summed E-state index contributed by atoms with van der Waals surface area (Å²) in [5, 5.41) is 5.22. The Kier molecular flexibility index (Phi) is 2.60. The van der Waals surface area contributed by atoms with Gasteiger partial charge in [-0.3, -0.25) is 0 Å². The number of benzene rings is 1. The third-order valence-electron chi connectivity index (χ3n) is 3.83. The van der Waals surface area contributed by atoms with Crippen molar-refractivity contribution < 1.29 is 4.52 Å². The van der Waals surface area contributed by atoms with Gasteiger partial charge in [-0.2, -0.15) is 4.98 Å². The molecule has 5 nitrogen and oxygen atoms in total. The summed E-state index contributed by atoms with van der Waals surface area (Å²) in [6.07, 6.45) is 5.02. The fraction of sp³-hybridized carbons (Fsp3) is 0.333. The van der Waals surface area contributed by atoms with Gasteiger partial charge in [0.2, 0.25) is 5.89 Å². The van der Waals surface area contributed by atoms with Crippen LogP contribution in [-0.4, -0.2) is 15.1 Å². The average Bonchev–Trinajstić information content (AvgIpc) is 3.06. The van der Waals surface area contributed by atoms with Crippen molar-refractivity contribution in [1.29, 1.82) is 0 Å². The monoisotopic (exact) mass is 268 g/mol. The Hall–Kier alpha value is -2.14. The molecule has 2 heterocycles. The molecule has 1 aliphatic rings. The second-order valence-electron chi connectivity index (χ2n) is 5.44. The van der Waals surface area contributed by atoms with Crippen LogP contribution in [0, 0.1) is 0 Å². The number of nitrogens with zero attached hydrogens (tertiary/aromatic N) is 2. The lowest BCUT2D eigenvalue weighted by Gasteiger charge is -2.05. The van der Waals surface area contributed by atoms with Crippen LogP contribution in [0.5, 0.6) is 0 Å². The predicted molar refractivity (Wildman–Crippen MR) is 75.2 cm³/mol. The molecule has 1 atom stereocenters. The lowest BCUT2D eigenvalue weighted by Crippen LogP contribution is -2.13. The number of H-pyrrole nitrogens is 1. The van der Waals surface area contributed by atoms with Crippen LogP contribution in [0.2, 0.25) is 0 Å². The highest BCUT2D eigenvalue weighted by molar-refractivity contribution is 5.83. The summed E-state index contributed by atoms with van der Waals surface area (Å²) in [6.45, 7) is 0. The number of hydrogen-bond acceptors (Lipinski definition) is 4. The maximum absolute atomic E-state index is 6.20. The van der Waals surface area contributed by atoms with Crippen molar-refractivity contribution in [3.8, 4) is 0 Å². The minimum absolute atomic E-state index is 0.255. The van der Waals surface area contributed by atoms with Gasteiger partial charge in [0.05, 0.1) is 6.04 Å². The first-order valence-corrected chi connectivity index (χ1v) is 6.95. The van der Waals surface area contributed by atoms with Crippen LogP contribution in [0.3, 0.4) is 0 Å². The molecule has 1 aliphatic carbocycles. The smallest absolute Gasteiger partial charge is 0.243 e. The van der Waals surface area contributed by atoms with E-state index in [4.69, 9.17) is 10.3 Å². The van der Waals surface area contributed by atoms with Crippen molar-refractivity contribution in [1.82, 2.24) is 15.1 Å². The minimum Gasteiger partial charge on any atom is -0.361 e. The molecule has 0 radical (unpaired) electrons. The van der Waals surface area contributed by atoms with Crippen molar-refractivity contribution in [3.05, 3.63) is 47.7 Å². The highest BCUT2D eigenvalue weighted by Gasteiger charge is 2.29. The summed E-state index contributed by atoms with van der Waals surface area (Å²) < 4.78 is 5.29. The van der Waals surface area contributed by atoms with Crippen molar-refractivity contribution >= 4 is 10.9 Å². The molecule has 0 bridgehead atoms.